The molecule has 2 aromatic rings. The highest BCUT2D eigenvalue weighted by Crippen LogP contribution is 2.27. The van der Waals surface area contributed by atoms with Gasteiger partial charge in [-0.25, -0.2) is 0 Å². The van der Waals surface area contributed by atoms with Gasteiger partial charge in [0.25, 0.3) is 0 Å². The monoisotopic (exact) mass is 323 g/mol. The zero-order valence-corrected chi connectivity index (χ0v) is 13.2. The van der Waals surface area contributed by atoms with Gasteiger partial charge in [-0.3, -0.25) is 0 Å². The molecule has 0 aliphatic rings. The summed E-state index contributed by atoms with van der Waals surface area (Å²) >= 11 is 12.0. The van der Waals surface area contributed by atoms with Crippen molar-refractivity contribution < 1.29 is 5.11 Å². The van der Waals surface area contributed by atoms with E-state index in [-0.39, 0.29) is 12.5 Å². The van der Waals surface area contributed by atoms with Gasteiger partial charge in [0.1, 0.15) is 0 Å². The number of aliphatic hydroxyl groups excluding tert-OH is 1. The minimum atomic E-state index is 0.151. The Morgan fingerprint density at radius 3 is 2.43 bits per heavy atom. The van der Waals surface area contributed by atoms with Crippen LogP contribution in [0.25, 0.3) is 0 Å². The van der Waals surface area contributed by atoms with Crippen molar-refractivity contribution in [3.05, 3.63) is 69.7 Å². The van der Waals surface area contributed by atoms with Crippen molar-refractivity contribution in [1.82, 2.24) is 5.32 Å². The Balaban J connectivity index is 1.97. The van der Waals surface area contributed by atoms with Gasteiger partial charge in [-0.2, -0.15) is 0 Å². The molecule has 0 saturated heterocycles. The summed E-state index contributed by atoms with van der Waals surface area (Å²) < 4.78 is 0. The molecule has 0 aliphatic heterocycles. The van der Waals surface area contributed by atoms with Crippen molar-refractivity contribution in [2.45, 2.75) is 18.9 Å². The maximum absolute atomic E-state index is 9.25. The molecule has 0 fully saturated rings. The number of hydrogen-bond donors (Lipinski definition) is 2. The molecule has 0 amide bonds. The summed E-state index contributed by atoms with van der Waals surface area (Å²) in [6, 6.07) is 15.9. The summed E-state index contributed by atoms with van der Waals surface area (Å²) in [5.74, 6) is 0.216. The predicted molar refractivity (Wildman–Crippen MR) is 89.1 cm³/mol. The number of benzene rings is 2. The highest BCUT2D eigenvalue weighted by Gasteiger charge is 2.12. The fourth-order valence-electron chi connectivity index (χ4n) is 2.30. The van der Waals surface area contributed by atoms with Gasteiger partial charge in [0.2, 0.25) is 0 Å². The highest BCUT2D eigenvalue weighted by atomic mass is 35.5. The standard InChI is InChI=1S/C17H19Cl2NO/c18-16-7-6-14(10-17(16)19)15(8-9-21)12-20-11-13-4-2-1-3-5-13/h1-7,10,15,20-21H,8-9,11-12H2. The lowest BCUT2D eigenvalue weighted by molar-refractivity contribution is 0.273. The van der Waals surface area contributed by atoms with Crippen LogP contribution in [0.4, 0.5) is 0 Å². The predicted octanol–water partition coefficient (Wildman–Crippen LogP) is 4.25. The molecule has 0 heterocycles. The Hall–Kier alpha value is -1.06. The molecule has 4 heteroatoms. The number of nitrogens with one attached hydrogen (secondary N) is 1. The fourth-order valence-corrected chi connectivity index (χ4v) is 2.60. The van der Waals surface area contributed by atoms with Crippen LogP contribution in [0.3, 0.4) is 0 Å². The van der Waals surface area contributed by atoms with E-state index in [2.05, 4.69) is 17.4 Å². The molecule has 1 atom stereocenters. The Morgan fingerprint density at radius 1 is 1.00 bits per heavy atom. The average Bonchev–Trinajstić information content (AvgIpc) is 2.50. The lowest BCUT2D eigenvalue weighted by atomic mass is 9.96. The van der Waals surface area contributed by atoms with Crippen LogP contribution < -0.4 is 5.32 Å². The van der Waals surface area contributed by atoms with E-state index in [4.69, 9.17) is 23.2 Å². The smallest absolute Gasteiger partial charge is 0.0595 e. The van der Waals surface area contributed by atoms with Crippen LogP contribution >= 0.6 is 23.2 Å². The Kier molecular flexibility index (Phi) is 6.52. The van der Waals surface area contributed by atoms with Gasteiger partial charge < -0.3 is 10.4 Å². The minimum absolute atomic E-state index is 0.151. The first kappa shape index (κ1) is 16.3. The molecular formula is C17H19Cl2NO. The van der Waals surface area contributed by atoms with Gasteiger partial charge in [0, 0.05) is 19.7 Å². The molecule has 2 aromatic carbocycles. The van der Waals surface area contributed by atoms with Gasteiger partial charge in [-0.1, -0.05) is 59.6 Å². The van der Waals surface area contributed by atoms with E-state index >= 15 is 0 Å². The lowest BCUT2D eigenvalue weighted by Gasteiger charge is -2.18. The molecule has 0 aliphatic carbocycles. The maximum atomic E-state index is 9.25. The third kappa shape index (κ3) is 5.01. The second-order valence-corrected chi connectivity index (χ2v) is 5.81. The Morgan fingerprint density at radius 2 is 1.76 bits per heavy atom. The summed E-state index contributed by atoms with van der Waals surface area (Å²) in [6.45, 7) is 1.75. The van der Waals surface area contributed by atoms with Crippen LogP contribution in [0.15, 0.2) is 48.5 Å². The highest BCUT2D eigenvalue weighted by molar-refractivity contribution is 6.42. The number of aliphatic hydroxyl groups is 1. The molecule has 112 valence electrons. The van der Waals surface area contributed by atoms with E-state index in [1.54, 1.807) is 6.07 Å². The molecule has 2 N–H and O–H groups in total. The summed E-state index contributed by atoms with van der Waals surface area (Å²) in [4.78, 5) is 0. The summed E-state index contributed by atoms with van der Waals surface area (Å²) in [5, 5.41) is 13.8. The van der Waals surface area contributed by atoms with Crippen LogP contribution in [0.1, 0.15) is 23.5 Å². The van der Waals surface area contributed by atoms with E-state index in [1.807, 2.05) is 30.3 Å². The third-order valence-corrected chi connectivity index (χ3v) is 4.19. The van der Waals surface area contributed by atoms with Gasteiger partial charge in [0.05, 0.1) is 10.0 Å². The minimum Gasteiger partial charge on any atom is -0.396 e. The molecule has 2 rings (SSSR count). The number of rotatable bonds is 7. The van der Waals surface area contributed by atoms with Crippen LogP contribution in [0.5, 0.6) is 0 Å². The van der Waals surface area contributed by atoms with E-state index in [0.29, 0.717) is 16.5 Å². The van der Waals surface area contributed by atoms with Gasteiger partial charge >= 0.3 is 0 Å². The van der Waals surface area contributed by atoms with Gasteiger partial charge in [-0.05, 0) is 35.6 Å². The Bertz CT molecular complexity index is 560. The topological polar surface area (TPSA) is 32.3 Å². The van der Waals surface area contributed by atoms with Crippen molar-refractivity contribution in [3.8, 4) is 0 Å². The molecule has 0 bridgehead atoms. The van der Waals surface area contributed by atoms with E-state index in [0.717, 1.165) is 18.7 Å². The molecule has 0 radical (unpaired) electrons. The first-order valence-electron chi connectivity index (χ1n) is 7.01. The Labute approximate surface area is 135 Å². The molecule has 2 nitrogen and oxygen atoms in total. The molecule has 0 saturated carbocycles. The van der Waals surface area contributed by atoms with Crippen LogP contribution in [-0.2, 0) is 6.54 Å². The molecule has 21 heavy (non-hydrogen) atoms. The first-order valence-corrected chi connectivity index (χ1v) is 7.76. The van der Waals surface area contributed by atoms with Crippen molar-refractivity contribution >= 4 is 23.2 Å². The van der Waals surface area contributed by atoms with Crippen LogP contribution in [-0.4, -0.2) is 18.3 Å². The normalized spacial score (nSPS) is 12.3. The summed E-state index contributed by atoms with van der Waals surface area (Å²) in [5.41, 5.74) is 2.34. The molecular weight excluding hydrogens is 305 g/mol. The molecule has 0 spiro atoms. The third-order valence-electron chi connectivity index (χ3n) is 3.46. The van der Waals surface area contributed by atoms with Crippen LogP contribution in [0, 0.1) is 0 Å². The molecule has 0 aromatic heterocycles. The second kappa shape index (κ2) is 8.40. The van der Waals surface area contributed by atoms with E-state index < -0.39 is 0 Å². The van der Waals surface area contributed by atoms with Crippen LogP contribution in [0.2, 0.25) is 10.0 Å². The average molecular weight is 324 g/mol. The number of hydrogen-bond acceptors (Lipinski definition) is 2. The second-order valence-electron chi connectivity index (χ2n) is 5.00. The van der Waals surface area contributed by atoms with Gasteiger partial charge in [0.15, 0.2) is 0 Å². The number of halogens is 2. The van der Waals surface area contributed by atoms with E-state index in [1.165, 1.54) is 5.56 Å². The quantitative estimate of drug-likeness (QED) is 0.798. The summed E-state index contributed by atoms with van der Waals surface area (Å²) in [7, 11) is 0. The maximum Gasteiger partial charge on any atom is 0.0595 e. The fraction of sp³-hybridized carbons (Fsp3) is 0.294. The van der Waals surface area contributed by atoms with Crippen molar-refractivity contribution in [2.24, 2.45) is 0 Å². The largest absolute Gasteiger partial charge is 0.396 e. The lowest BCUT2D eigenvalue weighted by Crippen LogP contribution is -2.22. The zero-order valence-electron chi connectivity index (χ0n) is 11.7. The van der Waals surface area contributed by atoms with Gasteiger partial charge in [-0.15, -0.1) is 0 Å². The van der Waals surface area contributed by atoms with E-state index in [9.17, 15) is 5.11 Å². The SMILES string of the molecule is OCCC(CNCc1ccccc1)c1ccc(Cl)c(Cl)c1. The summed E-state index contributed by atoms with van der Waals surface area (Å²) in [6.07, 6.45) is 0.694. The van der Waals surface area contributed by atoms with Crippen molar-refractivity contribution in [2.75, 3.05) is 13.2 Å². The first-order chi connectivity index (χ1) is 10.2. The zero-order chi connectivity index (χ0) is 15.1. The van der Waals surface area contributed by atoms with Crippen molar-refractivity contribution in [1.29, 1.82) is 0 Å². The molecule has 1 unspecified atom stereocenters. The van der Waals surface area contributed by atoms with Crippen molar-refractivity contribution in [3.63, 3.8) is 0 Å².